The van der Waals surface area contributed by atoms with Crippen LogP contribution in [0.5, 0.6) is 11.5 Å². The molecule has 3 aromatic rings. The van der Waals surface area contributed by atoms with E-state index in [0.717, 1.165) is 11.1 Å². The fraction of sp³-hybridized carbons (Fsp3) is 0.238. The number of anilines is 1. The Bertz CT molecular complexity index is 1140. The number of allylic oxidation sites excluding steroid dienone is 1. The van der Waals surface area contributed by atoms with E-state index < -0.39 is 11.9 Å². The van der Waals surface area contributed by atoms with Gasteiger partial charge in [-0.3, -0.25) is 4.79 Å². The summed E-state index contributed by atoms with van der Waals surface area (Å²) in [5.41, 5.74) is 9.63. The molecule has 2 aromatic carbocycles. The van der Waals surface area contributed by atoms with Gasteiger partial charge in [-0.05, 0) is 47.5 Å². The Morgan fingerprint density at radius 1 is 1.20 bits per heavy atom. The lowest BCUT2D eigenvalue weighted by Gasteiger charge is -2.27. The normalized spacial score (nSPS) is 15.4. The Balaban J connectivity index is 1.68. The molecule has 1 atom stereocenters. The van der Waals surface area contributed by atoms with Gasteiger partial charge in [-0.25, -0.2) is 0 Å². The Morgan fingerprint density at radius 3 is 2.77 bits per heavy atom. The Kier molecular flexibility index (Phi) is 5.09. The van der Waals surface area contributed by atoms with E-state index >= 15 is 0 Å². The lowest BCUT2D eigenvalue weighted by molar-refractivity contribution is -0.115. The second kappa shape index (κ2) is 7.86. The summed E-state index contributed by atoms with van der Waals surface area (Å²) < 4.78 is 13.0. The summed E-state index contributed by atoms with van der Waals surface area (Å²) in [5, 5.41) is 14.7. The number of aryl methyl sites for hydroxylation is 1. The Labute approximate surface area is 173 Å². The number of benzene rings is 2. The quantitative estimate of drug-likeness (QED) is 0.645. The van der Waals surface area contributed by atoms with Crippen molar-refractivity contribution in [3.8, 4) is 11.5 Å². The average molecular weight is 406 g/mol. The number of nitrogens with two attached hydrogens (primary N) is 1. The summed E-state index contributed by atoms with van der Waals surface area (Å²) in [5.74, 6) is 1.01. The van der Waals surface area contributed by atoms with Crippen LogP contribution in [0.2, 0.25) is 0 Å². The molecule has 2 heterocycles. The summed E-state index contributed by atoms with van der Waals surface area (Å²) in [7, 11) is 1.57. The summed E-state index contributed by atoms with van der Waals surface area (Å²) in [6, 6.07) is 13.0. The van der Waals surface area contributed by atoms with Crippen molar-refractivity contribution in [3.63, 3.8) is 0 Å². The first-order chi connectivity index (χ1) is 14.5. The molecule has 3 N–H and O–H groups in total. The molecule has 0 aliphatic carbocycles. The molecule has 154 valence electrons. The monoisotopic (exact) mass is 406 g/mol. The highest BCUT2D eigenvalue weighted by atomic mass is 16.5. The van der Waals surface area contributed by atoms with E-state index in [2.05, 4.69) is 26.9 Å². The number of ether oxygens (including phenoxy) is 2. The number of primary amides is 1. The SMILES string of the molecule is COc1cc(C2C(C(N)=O)=C(C)Nc3nnnn32)ccc1OCc1cccc(C)c1. The van der Waals surface area contributed by atoms with Crippen LogP contribution in [0.15, 0.2) is 53.7 Å². The zero-order chi connectivity index (χ0) is 21.3. The van der Waals surface area contributed by atoms with Crippen molar-refractivity contribution in [1.29, 1.82) is 0 Å². The molecule has 0 spiro atoms. The predicted molar refractivity (Wildman–Crippen MR) is 110 cm³/mol. The predicted octanol–water partition coefficient (Wildman–Crippen LogP) is 2.34. The van der Waals surface area contributed by atoms with Gasteiger partial charge >= 0.3 is 0 Å². The van der Waals surface area contributed by atoms with Crippen LogP contribution in [0.3, 0.4) is 0 Å². The van der Waals surface area contributed by atoms with Gasteiger partial charge in [-0.2, -0.15) is 4.68 Å². The zero-order valence-electron chi connectivity index (χ0n) is 16.9. The second-order valence-electron chi connectivity index (χ2n) is 7.07. The Hall–Kier alpha value is -3.88. The number of carbonyl (C=O) groups is 1. The van der Waals surface area contributed by atoms with Crippen LogP contribution in [0.25, 0.3) is 0 Å². The molecule has 0 saturated heterocycles. The van der Waals surface area contributed by atoms with Gasteiger partial charge in [-0.1, -0.05) is 41.0 Å². The zero-order valence-corrected chi connectivity index (χ0v) is 16.9. The minimum Gasteiger partial charge on any atom is -0.493 e. The molecule has 9 nitrogen and oxygen atoms in total. The van der Waals surface area contributed by atoms with Gasteiger partial charge in [0.2, 0.25) is 11.9 Å². The van der Waals surface area contributed by atoms with Crippen LogP contribution in [-0.2, 0) is 11.4 Å². The molecule has 1 aliphatic rings. The molecule has 0 saturated carbocycles. The van der Waals surface area contributed by atoms with Gasteiger partial charge in [0, 0.05) is 5.70 Å². The van der Waals surface area contributed by atoms with Crippen LogP contribution >= 0.6 is 0 Å². The van der Waals surface area contributed by atoms with Crippen molar-refractivity contribution >= 4 is 11.9 Å². The minimum atomic E-state index is -0.575. The average Bonchev–Trinajstić information content (AvgIpc) is 3.19. The number of aromatic nitrogens is 4. The van der Waals surface area contributed by atoms with Crippen molar-refractivity contribution < 1.29 is 14.3 Å². The van der Waals surface area contributed by atoms with Gasteiger partial charge < -0.3 is 20.5 Å². The summed E-state index contributed by atoms with van der Waals surface area (Å²) in [4.78, 5) is 12.2. The largest absolute Gasteiger partial charge is 0.493 e. The first-order valence-corrected chi connectivity index (χ1v) is 9.39. The number of nitrogens with zero attached hydrogens (tertiary/aromatic N) is 4. The molecule has 1 amide bonds. The van der Waals surface area contributed by atoms with Gasteiger partial charge in [0.25, 0.3) is 0 Å². The van der Waals surface area contributed by atoms with Crippen LogP contribution in [0.4, 0.5) is 5.95 Å². The molecule has 0 fully saturated rings. The first-order valence-electron chi connectivity index (χ1n) is 9.39. The molecule has 0 bridgehead atoms. The third-order valence-electron chi connectivity index (χ3n) is 4.96. The van der Waals surface area contributed by atoms with E-state index in [0.29, 0.717) is 35.3 Å². The topological polar surface area (TPSA) is 117 Å². The van der Waals surface area contributed by atoms with Crippen LogP contribution in [-0.4, -0.2) is 33.2 Å². The molecule has 1 unspecified atom stereocenters. The standard InChI is InChI=1S/C21H22N6O3/c1-12-5-4-6-14(9-12)11-30-16-8-7-15(10-17(16)29-3)19-18(20(22)28)13(2)23-21-24-25-26-27(19)21/h4-10,19H,11H2,1-3H3,(H2,22,28)(H,23,24,26). The summed E-state index contributed by atoms with van der Waals surface area (Å²) >= 11 is 0. The molecular formula is C21H22N6O3. The van der Waals surface area contributed by atoms with Crippen molar-refractivity contribution in [1.82, 2.24) is 20.2 Å². The number of fused-ring (bicyclic) bond motifs is 1. The number of amides is 1. The summed E-state index contributed by atoms with van der Waals surface area (Å²) in [6.07, 6.45) is 0. The number of rotatable bonds is 6. The second-order valence-corrected chi connectivity index (χ2v) is 7.07. The lowest BCUT2D eigenvalue weighted by atomic mass is 9.95. The molecule has 0 radical (unpaired) electrons. The number of nitrogens with one attached hydrogen (secondary N) is 1. The molecule has 30 heavy (non-hydrogen) atoms. The highest BCUT2D eigenvalue weighted by Gasteiger charge is 2.33. The molecule has 1 aliphatic heterocycles. The molecule has 1 aromatic heterocycles. The van der Waals surface area contributed by atoms with E-state index in [4.69, 9.17) is 15.2 Å². The van der Waals surface area contributed by atoms with Crippen LogP contribution < -0.4 is 20.5 Å². The maximum atomic E-state index is 12.2. The number of hydrogen-bond acceptors (Lipinski definition) is 7. The molecule has 9 heteroatoms. The lowest BCUT2D eigenvalue weighted by Crippen LogP contribution is -2.31. The first kappa shape index (κ1) is 19.4. The van der Waals surface area contributed by atoms with Crippen molar-refractivity contribution in [2.75, 3.05) is 12.4 Å². The Morgan fingerprint density at radius 2 is 2.03 bits per heavy atom. The van der Waals surface area contributed by atoms with Crippen molar-refractivity contribution in [2.24, 2.45) is 5.73 Å². The maximum Gasteiger partial charge on any atom is 0.248 e. The van der Waals surface area contributed by atoms with Gasteiger partial charge in [0.15, 0.2) is 11.5 Å². The molecular weight excluding hydrogens is 384 g/mol. The van der Waals surface area contributed by atoms with E-state index in [1.807, 2.05) is 43.3 Å². The summed E-state index contributed by atoms with van der Waals surface area (Å²) in [6.45, 7) is 4.21. The number of carbonyl (C=O) groups excluding carboxylic acids is 1. The number of hydrogen-bond donors (Lipinski definition) is 2. The van der Waals surface area contributed by atoms with Crippen molar-refractivity contribution in [3.05, 3.63) is 70.4 Å². The van der Waals surface area contributed by atoms with E-state index in [9.17, 15) is 4.79 Å². The molecule has 4 rings (SSSR count). The van der Waals surface area contributed by atoms with Gasteiger partial charge in [-0.15, -0.1) is 0 Å². The smallest absolute Gasteiger partial charge is 0.248 e. The van der Waals surface area contributed by atoms with E-state index in [-0.39, 0.29) is 0 Å². The number of tetrazole rings is 1. The van der Waals surface area contributed by atoms with E-state index in [1.165, 1.54) is 10.2 Å². The van der Waals surface area contributed by atoms with Crippen molar-refractivity contribution in [2.45, 2.75) is 26.5 Å². The third kappa shape index (κ3) is 3.57. The fourth-order valence-corrected chi connectivity index (χ4v) is 3.58. The number of methoxy groups -OCH3 is 1. The minimum absolute atomic E-state index is 0.380. The van der Waals surface area contributed by atoms with Gasteiger partial charge in [0.05, 0.1) is 12.7 Å². The highest BCUT2D eigenvalue weighted by Crippen LogP contribution is 2.38. The third-order valence-corrected chi connectivity index (χ3v) is 4.96. The highest BCUT2D eigenvalue weighted by molar-refractivity contribution is 5.95. The van der Waals surface area contributed by atoms with Gasteiger partial charge in [0.1, 0.15) is 12.6 Å². The van der Waals surface area contributed by atoms with E-state index in [1.54, 1.807) is 14.0 Å². The maximum absolute atomic E-state index is 12.2. The van der Waals surface area contributed by atoms with Crippen LogP contribution in [0, 0.1) is 6.92 Å². The fourth-order valence-electron chi connectivity index (χ4n) is 3.58. The van der Waals surface area contributed by atoms with Crippen LogP contribution in [0.1, 0.15) is 29.7 Å².